The molecule has 2 N–H and O–H groups in total. The molecule has 2 saturated heterocycles. The zero-order valence-corrected chi connectivity index (χ0v) is 10.2. The molecule has 0 bridgehead atoms. The fourth-order valence-corrected chi connectivity index (χ4v) is 2.84. The summed E-state index contributed by atoms with van der Waals surface area (Å²) in [5, 5.41) is 12.3. The number of likely N-dealkylation sites (tertiary alicyclic amines) is 1. The van der Waals surface area contributed by atoms with E-state index in [0.717, 1.165) is 25.8 Å². The van der Waals surface area contributed by atoms with Crippen LogP contribution in [-0.2, 0) is 9.59 Å². The second kappa shape index (κ2) is 5.04. The molecule has 2 fully saturated rings. The van der Waals surface area contributed by atoms with E-state index in [1.165, 1.54) is 0 Å². The summed E-state index contributed by atoms with van der Waals surface area (Å²) in [5.74, 6) is -1.10. The smallest absolute Gasteiger partial charge is 0.308 e. The fourth-order valence-electron chi connectivity index (χ4n) is 2.84. The van der Waals surface area contributed by atoms with Crippen molar-refractivity contribution in [2.24, 2.45) is 5.92 Å². The van der Waals surface area contributed by atoms with Crippen molar-refractivity contribution in [2.75, 3.05) is 13.1 Å². The zero-order chi connectivity index (χ0) is 12.4. The van der Waals surface area contributed by atoms with Gasteiger partial charge in [-0.25, -0.2) is 0 Å². The van der Waals surface area contributed by atoms with Gasteiger partial charge in [-0.05, 0) is 32.7 Å². The maximum atomic E-state index is 12.2. The Morgan fingerprint density at radius 3 is 2.59 bits per heavy atom. The van der Waals surface area contributed by atoms with Gasteiger partial charge in [0.1, 0.15) is 0 Å². The van der Waals surface area contributed by atoms with Gasteiger partial charge < -0.3 is 15.3 Å². The van der Waals surface area contributed by atoms with Crippen LogP contribution in [0, 0.1) is 5.92 Å². The molecule has 0 aromatic heterocycles. The lowest BCUT2D eigenvalue weighted by molar-refractivity contribution is -0.143. The van der Waals surface area contributed by atoms with E-state index in [0.29, 0.717) is 13.0 Å². The molecule has 2 aliphatic rings. The van der Waals surface area contributed by atoms with E-state index in [9.17, 15) is 9.59 Å². The average Bonchev–Trinajstić information content (AvgIpc) is 2.71. The van der Waals surface area contributed by atoms with Gasteiger partial charge in [0.25, 0.3) is 0 Å². The number of nitrogens with zero attached hydrogens (tertiary/aromatic N) is 1. The first-order chi connectivity index (χ1) is 8.11. The van der Waals surface area contributed by atoms with Crippen molar-refractivity contribution in [1.29, 1.82) is 0 Å². The molecule has 3 atom stereocenters. The van der Waals surface area contributed by atoms with E-state index in [2.05, 4.69) is 5.32 Å². The molecular weight excluding hydrogens is 220 g/mol. The molecule has 0 saturated carbocycles. The molecular formula is C12H20N2O3. The topological polar surface area (TPSA) is 69.6 Å². The standard InChI is InChI=1S/C12H20N2O3/c1-8-9(12(16)17)5-7-14(8)11(15)10-4-2-3-6-13-10/h8-10,13H,2-7H2,1H3,(H,16,17)/t8?,9?,10-/m0/s1. The Kier molecular flexibility index (Phi) is 3.66. The maximum Gasteiger partial charge on any atom is 0.308 e. The number of aliphatic carboxylic acids is 1. The number of carboxylic acids is 1. The number of hydrogen-bond acceptors (Lipinski definition) is 3. The Hall–Kier alpha value is -1.10. The van der Waals surface area contributed by atoms with Gasteiger partial charge in [-0.15, -0.1) is 0 Å². The Bertz CT molecular complexity index is 313. The van der Waals surface area contributed by atoms with E-state index in [4.69, 9.17) is 5.11 Å². The second-order valence-corrected chi connectivity index (χ2v) is 5.01. The van der Waals surface area contributed by atoms with Crippen LogP contribution in [0.25, 0.3) is 0 Å². The monoisotopic (exact) mass is 240 g/mol. The Balaban J connectivity index is 1.98. The Morgan fingerprint density at radius 2 is 2.06 bits per heavy atom. The van der Waals surface area contributed by atoms with E-state index in [-0.39, 0.29) is 18.0 Å². The summed E-state index contributed by atoms with van der Waals surface area (Å²) in [4.78, 5) is 25.0. The second-order valence-electron chi connectivity index (χ2n) is 5.01. The van der Waals surface area contributed by atoms with Crippen LogP contribution in [0.1, 0.15) is 32.6 Å². The third-order valence-corrected chi connectivity index (χ3v) is 3.96. The summed E-state index contributed by atoms with van der Waals surface area (Å²) in [7, 11) is 0. The van der Waals surface area contributed by atoms with Gasteiger partial charge in [0.05, 0.1) is 12.0 Å². The first kappa shape index (κ1) is 12.4. The maximum absolute atomic E-state index is 12.2. The van der Waals surface area contributed by atoms with Crippen LogP contribution in [-0.4, -0.2) is 47.1 Å². The molecule has 17 heavy (non-hydrogen) atoms. The van der Waals surface area contributed by atoms with Crippen LogP contribution in [0.2, 0.25) is 0 Å². The molecule has 5 heteroatoms. The first-order valence-electron chi connectivity index (χ1n) is 6.38. The van der Waals surface area contributed by atoms with Crippen LogP contribution in [0.3, 0.4) is 0 Å². The summed E-state index contributed by atoms with van der Waals surface area (Å²) in [6.45, 7) is 3.31. The van der Waals surface area contributed by atoms with Gasteiger partial charge in [-0.1, -0.05) is 6.42 Å². The third kappa shape index (κ3) is 2.44. The molecule has 2 unspecified atom stereocenters. The molecule has 1 amide bonds. The molecule has 2 aliphatic heterocycles. The van der Waals surface area contributed by atoms with Gasteiger partial charge in [0, 0.05) is 12.6 Å². The highest BCUT2D eigenvalue weighted by atomic mass is 16.4. The molecule has 0 aromatic rings. The minimum Gasteiger partial charge on any atom is -0.481 e. The summed E-state index contributed by atoms with van der Waals surface area (Å²) < 4.78 is 0. The van der Waals surface area contributed by atoms with E-state index in [1.54, 1.807) is 4.90 Å². The van der Waals surface area contributed by atoms with Crippen molar-refractivity contribution >= 4 is 11.9 Å². The van der Waals surface area contributed by atoms with Crippen molar-refractivity contribution in [2.45, 2.75) is 44.7 Å². The molecule has 0 radical (unpaired) electrons. The minimum absolute atomic E-state index is 0.0842. The lowest BCUT2D eigenvalue weighted by Gasteiger charge is -2.30. The van der Waals surface area contributed by atoms with Crippen LogP contribution >= 0.6 is 0 Å². The summed E-state index contributed by atoms with van der Waals surface area (Å²) in [6.07, 6.45) is 3.65. The van der Waals surface area contributed by atoms with Crippen molar-refractivity contribution in [3.05, 3.63) is 0 Å². The molecule has 0 aliphatic carbocycles. The van der Waals surface area contributed by atoms with E-state index < -0.39 is 11.9 Å². The van der Waals surface area contributed by atoms with Crippen LogP contribution in [0.5, 0.6) is 0 Å². The van der Waals surface area contributed by atoms with Gasteiger partial charge in [-0.2, -0.15) is 0 Å². The minimum atomic E-state index is -0.788. The number of carbonyl (C=O) groups excluding carboxylic acids is 1. The van der Waals surface area contributed by atoms with Crippen molar-refractivity contribution in [1.82, 2.24) is 10.2 Å². The number of hydrogen-bond donors (Lipinski definition) is 2. The molecule has 2 heterocycles. The van der Waals surface area contributed by atoms with Gasteiger partial charge in [-0.3, -0.25) is 9.59 Å². The van der Waals surface area contributed by atoms with Crippen LogP contribution in [0.15, 0.2) is 0 Å². The SMILES string of the molecule is CC1C(C(=O)O)CCN1C(=O)[C@@H]1CCCCN1. The Labute approximate surface area is 101 Å². The first-order valence-corrected chi connectivity index (χ1v) is 6.38. The largest absolute Gasteiger partial charge is 0.481 e. The van der Waals surface area contributed by atoms with Crippen molar-refractivity contribution in [3.63, 3.8) is 0 Å². The molecule has 96 valence electrons. The number of carboxylic acid groups (broad SMARTS) is 1. The number of carbonyl (C=O) groups is 2. The molecule has 0 spiro atoms. The normalized spacial score (nSPS) is 33.7. The Morgan fingerprint density at radius 1 is 1.29 bits per heavy atom. The van der Waals surface area contributed by atoms with Crippen molar-refractivity contribution in [3.8, 4) is 0 Å². The zero-order valence-electron chi connectivity index (χ0n) is 10.2. The lowest BCUT2D eigenvalue weighted by atomic mass is 10.0. The number of rotatable bonds is 2. The van der Waals surface area contributed by atoms with Gasteiger partial charge >= 0.3 is 5.97 Å². The number of nitrogens with one attached hydrogen (secondary N) is 1. The van der Waals surface area contributed by atoms with Crippen LogP contribution in [0.4, 0.5) is 0 Å². The molecule has 5 nitrogen and oxygen atoms in total. The highest BCUT2D eigenvalue weighted by Gasteiger charge is 2.40. The predicted molar refractivity (Wildman–Crippen MR) is 62.6 cm³/mol. The highest BCUT2D eigenvalue weighted by molar-refractivity contribution is 5.84. The quantitative estimate of drug-likeness (QED) is 0.735. The van der Waals surface area contributed by atoms with Gasteiger partial charge in [0.2, 0.25) is 5.91 Å². The number of amides is 1. The highest BCUT2D eigenvalue weighted by Crippen LogP contribution is 2.25. The third-order valence-electron chi connectivity index (χ3n) is 3.96. The molecule has 2 rings (SSSR count). The van der Waals surface area contributed by atoms with Crippen LogP contribution < -0.4 is 5.32 Å². The van der Waals surface area contributed by atoms with Gasteiger partial charge in [0.15, 0.2) is 0 Å². The fraction of sp³-hybridized carbons (Fsp3) is 0.833. The lowest BCUT2D eigenvalue weighted by Crippen LogP contribution is -2.50. The van der Waals surface area contributed by atoms with E-state index in [1.807, 2.05) is 6.92 Å². The average molecular weight is 240 g/mol. The number of piperidine rings is 1. The van der Waals surface area contributed by atoms with E-state index >= 15 is 0 Å². The van der Waals surface area contributed by atoms with Crippen molar-refractivity contribution < 1.29 is 14.7 Å². The summed E-state index contributed by atoms with van der Waals surface area (Å²) >= 11 is 0. The summed E-state index contributed by atoms with van der Waals surface area (Å²) in [6, 6.07) is -0.275. The summed E-state index contributed by atoms with van der Waals surface area (Å²) in [5.41, 5.74) is 0. The predicted octanol–water partition coefficient (Wildman–Crippen LogP) is 0.450. The molecule has 0 aromatic carbocycles.